The van der Waals surface area contributed by atoms with Gasteiger partial charge >= 0.3 is 0 Å². The van der Waals surface area contributed by atoms with Crippen molar-refractivity contribution in [1.82, 2.24) is 10.3 Å². The fraction of sp³-hybridized carbons (Fsp3) is 0.200. The van der Waals surface area contributed by atoms with Crippen LogP contribution < -0.4 is 5.32 Å². The van der Waals surface area contributed by atoms with Crippen molar-refractivity contribution < 1.29 is 9.18 Å². The molecule has 1 aromatic carbocycles. The molecule has 0 bridgehead atoms. The second kappa shape index (κ2) is 6.87. The first-order valence-corrected chi connectivity index (χ1v) is 7.07. The summed E-state index contributed by atoms with van der Waals surface area (Å²) >= 11 is 11.5. The molecule has 110 valence electrons. The van der Waals surface area contributed by atoms with Gasteiger partial charge in [-0.15, -0.1) is 0 Å². The summed E-state index contributed by atoms with van der Waals surface area (Å²) in [5.41, 5.74) is 1.28. The zero-order valence-corrected chi connectivity index (χ0v) is 12.7. The molecule has 1 atom stereocenters. The van der Waals surface area contributed by atoms with E-state index in [1.165, 1.54) is 24.4 Å². The number of nitrogens with zero attached hydrogens (tertiary/aromatic N) is 1. The third kappa shape index (κ3) is 4.41. The first-order chi connectivity index (χ1) is 9.95. The predicted octanol–water partition coefficient (Wildman–Crippen LogP) is 3.89. The van der Waals surface area contributed by atoms with Crippen molar-refractivity contribution in [3.63, 3.8) is 0 Å². The van der Waals surface area contributed by atoms with Gasteiger partial charge in [0.15, 0.2) is 0 Å². The summed E-state index contributed by atoms with van der Waals surface area (Å²) in [6.45, 7) is 1.87. The van der Waals surface area contributed by atoms with Crippen molar-refractivity contribution in [2.45, 2.75) is 19.4 Å². The fourth-order valence-corrected chi connectivity index (χ4v) is 2.15. The Morgan fingerprint density at radius 1 is 1.33 bits per heavy atom. The van der Waals surface area contributed by atoms with Crippen molar-refractivity contribution in [2.24, 2.45) is 0 Å². The van der Waals surface area contributed by atoms with Gasteiger partial charge in [-0.25, -0.2) is 9.37 Å². The highest BCUT2D eigenvalue weighted by atomic mass is 35.5. The van der Waals surface area contributed by atoms with Gasteiger partial charge in [0.2, 0.25) is 0 Å². The van der Waals surface area contributed by atoms with E-state index in [1.54, 1.807) is 12.1 Å². The van der Waals surface area contributed by atoms with E-state index in [0.29, 0.717) is 12.0 Å². The van der Waals surface area contributed by atoms with Crippen LogP contribution in [0.4, 0.5) is 4.39 Å². The molecule has 2 aromatic rings. The fourth-order valence-electron chi connectivity index (χ4n) is 1.88. The number of aromatic nitrogens is 1. The van der Waals surface area contributed by atoms with Crippen LogP contribution in [0.2, 0.25) is 10.2 Å². The lowest BCUT2D eigenvalue weighted by molar-refractivity contribution is 0.0939. The normalized spacial score (nSPS) is 12.0. The molecular formula is C15H13Cl2FN2O. The Balaban J connectivity index is 1.98. The minimum absolute atomic E-state index is 0.114. The second-order valence-corrected chi connectivity index (χ2v) is 5.47. The van der Waals surface area contributed by atoms with Crippen LogP contribution in [0.1, 0.15) is 22.8 Å². The van der Waals surface area contributed by atoms with Crippen LogP contribution in [0.3, 0.4) is 0 Å². The zero-order chi connectivity index (χ0) is 15.4. The number of carbonyl (C=O) groups excluding carboxylic acids is 1. The summed E-state index contributed by atoms with van der Waals surface area (Å²) in [4.78, 5) is 15.9. The highest BCUT2D eigenvalue weighted by Gasteiger charge is 2.12. The van der Waals surface area contributed by atoms with Gasteiger partial charge in [0.25, 0.3) is 5.91 Å². The summed E-state index contributed by atoms with van der Waals surface area (Å²) < 4.78 is 12.8. The van der Waals surface area contributed by atoms with E-state index in [9.17, 15) is 9.18 Å². The topological polar surface area (TPSA) is 42.0 Å². The van der Waals surface area contributed by atoms with Crippen LogP contribution in [-0.4, -0.2) is 16.9 Å². The van der Waals surface area contributed by atoms with Crippen molar-refractivity contribution in [3.8, 4) is 0 Å². The number of benzene rings is 1. The van der Waals surface area contributed by atoms with Gasteiger partial charge in [-0.1, -0.05) is 35.3 Å². The number of amides is 1. The molecule has 1 unspecified atom stereocenters. The van der Waals surface area contributed by atoms with Crippen LogP contribution in [0.25, 0.3) is 0 Å². The largest absolute Gasteiger partial charge is 0.349 e. The Morgan fingerprint density at radius 2 is 2.00 bits per heavy atom. The molecule has 1 heterocycles. The average molecular weight is 327 g/mol. The number of hydrogen-bond donors (Lipinski definition) is 1. The molecule has 0 aliphatic rings. The lowest BCUT2D eigenvalue weighted by Crippen LogP contribution is -2.34. The SMILES string of the molecule is CC(Cc1ccc(F)cc1)NC(=O)c1cnc(Cl)c(Cl)c1. The van der Waals surface area contributed by atoms with Gasteiger partial charge in [-0.3, -0.25) is 4.79 Å². The first kappa shape index (κ1) is 15.7. The maximum Gasteiger partial charge on any atom is 0.253 e. The van der Waals surface area contributed by atoms with E-state index >= 15 is 0 Å². The van der Waals surface area contributed by atoms with E-state index in [4.69, 9.17) is 23.2 Å². The molecule has 2 rings (SSSR count). The zero-order valence-electron chi connectivity index (χ0n) is 11.2. The molecule has 0 saturated heterocycles. The molecule has 6 heteroatoms. The molecule has 0 radical (unpaired) electrons. The Hall–Kier alpha value is -1.65. The number of nitrogens with one attached hydrogen (secondary N) is 1. The maximum absolute atomic E-state index is 12.8. The van der Waals surface area contributed by atoms with Crippen LogP contribution in [0, 0.1) is 5.82 Å². The molecule has 21 heavy (non-hydrogen) atoms. The van der Waals surface area contributed by atoms with Crippen molar-refractivity contribution in [3.05, 3.63) is 63.6 Å². The Morgan fingerprint density at radius 3 is 2.62 bits per heavy atom. The van der Waals surface area contributed by atoms with Crippen molar-refractivity contribution in [1.29, 1.82) is 0 Å². The molecular weight excluding hydrogens is 314 g/mol. The second-order valence-electron chi connectivity index (χ2n) is 4.70. The summed E-state index contributed by atoms with van der Waals surface area (Å²) in [6, 6.07) is 7.53. The molecule has 0 saturated carbocycles. The minimum Gasteiger partial charge on any atom is -0.349 e. The Bertz CT molecular complexity index is 647. The van der Waals surface area contributed by atoms with Gasteiger partial charge in [-0.2, -0.15) is 0 Å². The third-order valence-corrected chi connectivity index (χ3v) is 3.58. The summed E-state index contributed by atoms with van der Waals surface area (Å²) in [7, 11) is 0. The van der Waals surface area contributed by atoms with Crippen LogP contribution in [-0.2, 0) is 6.42 Å². The number of halogens is 3. The first-order valence-electron chi connectivity index (χ1n) is 6.32. The van der Waals surface area contributed by atoms with Gasteiger partial charge in [-0.05, 0) is 37.1 Å². The van der Waals surface area contributed by atoms with E-state index in [2.05, 4.69) is 10.3 Å². The van der Waals surface area contributed by atoms with Crippen LogP contribution in [0.5, 0.6) is 0 Å². The summed E-state index contributed by atoms with van der Waals surface area (Å²) in [6.07, 6.45) is 1.97. The Kier molecular flexibility index (Phi) is 5.15. The maximum atomic E-state index is 12.8. The monoisotopic (exact) mass is 326 g/mol. The third-order valence-electron chi connectivity index (χ3n) is 2.89. The summed E-state index contributed by atoms with van der Waals surface area (Å²) in [5, 5.41) is 3.22. The van der Waals surface area contributed by atoms with Crippen molar-refractivity contribution in [2.75, 3.05) is 0 Å². The van der Waals surface area contributed by atoms with E-state index < -0.39 is 0 Å². The highest BCUT2D eigenvalue weighted by molar-refractivity contribution is 6.41. The molecule has 3 nitrogen and oxygen atoms in total. The average Bonchev–Trinajstić information content (AvgIpc) is 2.44. The highest BCUT2D eigenvalue weighted by Crippen LogP contribution is 2.19. The summed E-state index contributed by atoms with van der Waals surface area (Å²) in [5.74, 6) is -0.562. The van der Waals surface area contributed by atoms with Gasteiger partial charge < -0.3 is 5.32 Å². The van der Waals surface area contributed by atoms with Crippen LogP contribution >= 0.6 is 23.2 Å². The number of rotatable bonds is 4. The molecule has 1 aromatic heterocycles. The van der Waals surface area contributed by atoms with Gasteiger partial charge in [0.1, 0.15) is 11.0 Å². The van der Waals surface area contributed by atoms with E-state index in [-0.39, 0.29) is 27.9 Å². The molecule has 1 amide bonds. The van der Waals surface area contributed by atoms with Crippen LogP contribution in [0.15, 0.2) is 36.5 Å². The standard InChI is InChI=1S/C15H13Cl2FN2O/c1-9(6-10-2-4-12(18)5-3-10)20-15(21)11-7-13(16)14(17)19-8-11/h2-5,7-9H,6H2,1H3,(H,20,21). The minimum atomic E-state index is -0.282. The molecule has 0 fully saturated rings. The molecule has 0 spiro atoms. The van der Waals surface area contributed by atoms with Gasteiger partial charge in [0.05, 0.1) is 10.6 Å². The quantitative estimate of drug-likeness (QED) is 0.866. The van der Waals surface area contributed by atoms with Gasteiger partial charge in [0, 0.05) is 12.2 Å². The lowest BCUT2D eigenvalue weighted by atomic mass is 10.1. The molecule has 0 aliphatic carbocycles. The molecule has 1 N–H and O–H groups in total. The van der Waals surface area contributed by atoms with Crippen molar-refractivity contribution >= 4 is 29.1 Å². The smallest absolute Gasteiger partial charge is 0.253 e. The number of carbonyl (C=O) groups is 1. The molecule has 0 aliphatic heterocycles. The van der Waals surface area contributed by atoms with E-state index in [1.807, 2.05) is 6.92 Å². The predicted molar refractivity (Wildman–Crippen MR) is 81.3 cm³/mol. The number of hydrogen-bond acceptors (Lipinski definition) is 2. The Labute approximate surface area is 132 Å². The number of pyridine rings is 1. The van der Waals surface area contributed by atoms with E-state index in [0.717, 1.165) is 5.56 Å². The lowest BCUT2D eigenvalue weighted by Gasteiger charge is -2.14.